The zero-order valence-corrected chi connectivity index (χ0v) is 9.00. The smallest absolute Gasteiger partial charge is 0.125 e. The molecule has 0 radical (unpaired) electrons. The van der Waals surface area contributed by atoms with Gasteiger partial charge in [0.1, 0.15) is 5.82 Å². The maximum Gasteiger partial charge on any atom is 0.125 e. The lowest BCUT2D eigenvalue weighted by atomic mass is 10.0. The number of halogens is 2. The maximum atomic E-state index is 13.1. The van der Waals surface area contributed by atoms with E-state index in [1.165, 1.54) is 12.1 Å². The van der Waals surface area contributed by atoms with E-state index < -0.39 is 0 Å². The van der Waals surface area contributed by atoms with Gasteiger partial charge >= 0.3 is 0 Å². The van der Waals surface area contributed by atoms with Gasteiger partial charge in [0.25, 0.3) is 0 Å². The molecule has 0 aliphatic rings. The predicted octanol–water partition coefficient (Wildman–Crippen LogP) is 4.02. The topological polar surface area (TPSA) is 23.8 Å². The summed E-state index contributed by atoms with van der Waals surface area (Å²) >= 11 is 5.77. The Morgan fingerprint density at radius 2 is 1.88 bits per heavy atom. The van der Waals surface area contributed by atoms with E-state index in [9.17, 15) is 4.39 Å². The molecule has 78 valence electrons. The first kappa shape index (κ1) is 10.7. The van der Waals surface area contributed by atoms with Crippen molar-refractivity contribution in [3.05, 3.63) is 58.9 Å². The van der Waals surface area contributed by atoms with Crippen molar-refractivity contribution in [2.75, 3.05) is 0 Å². The Labute approximate surface area is 97.7 Å². The van der Waals surface area contributed by atoms with Crippen LogP contribution in [0, 0.1) is 17.1 Å². The minimum Gasteiger partial charge on any atom is -0.207 e. The average molecular weight is 232 g/mol. The number of nitriles is 1. The molecule has 0 aromatic heterocycles. The maximum absolute atomic E-state index is 13.1. The van der Waals surface area contributed by atoms with Gasteiger partial charge in [-0.15, -0.1) is 0 Å². The van der Waals surface area contributed by atoms with Crippen molar-refractivity contribution in [1.29, 1.82) is 5.26 Å². The van der Waals surface area contributed by atoms with Gasteiger partial charge < -0.3 is 0 Å². The normalized spacial score (nSPS) is 9.81. The molecule has 0 saturated heterocycles. The molecular formula is C13H7ClFN. The molecule has 0 atom stereocenters. The van der Waals surface area contributed by atoms with Gasteiger partial charge in [0.05, 0.1) is 11.6 Å². The van der Waals surface area contributed by atoms with E-state index in [4.69, 9.17) is 16.9 Å². The molecule has 2 aromatic carbocycles. The Bertz CT molecular complexity index is 552. The number of hydrogen-bond acceptors (Lipinski definition) is 1. The van der Waals surface area contributed by atoms with Crippen molar-refractivity contribution in [3.63, 3.8) is 0 Å². The largest absolute Gasteiger partial charge is 0.207 e. The highest BCUT2D eigenvalue weighted by atomic mass is 35.5. The Balaban J connectivity index is 2.54. The monoisotopic (exact) mass is 231 g/mol. The van der Waals surface area contributed by atoms with Crippen LogP contribution in [0.4, 0.5) is 4.39 Å². The second-order valence-corrected chi connectivity index (χ2v) is 3.79. The predicted molar refractivity (Wildman–Crippen MR) is 61.6 cm³/mol. The van der Waals surface area contributed by atoms with Crippen molar-refractivity contribution in [2.45, 2.75) is 0 Å². The molecule has 0 bridgehead atoms. The van der Waals surface area contributed by atoms with Crippen LogP contribution in [0.2, 0.25) is 5.02 Å². The first-order valence-electron chi connectivity index (χ1n) is 4.65. The molecule has 0 unspecified atom stereocenters. The summed E-state index contributed by atoms with van der Waals surface area (Å²) in [6, 6.07) is 13.3. The highest BCUT2D eigenvalue weighted by Crippen LogP contribution is 2.24. The molecule has 2 rings (SSSR count). The molecule has 0 heterocycles. The Morgan fingerprint density at radius 1 is 1.06 bits per heavy atom. The number of rotatable bonds is 1. The molecule has 0 N–H and O–H groups in total. The van der Waals surface area contributed by atoms with Crippen molar-refractivity contribution in [3.8, 4) is 17.2 Å². The fourth-order valence-electron chi connectivity index (χ4n) is 1.49. The third-order valence-electron chi connectivity index (χ3n) is 2.19. The van der Waals surface area contributed by atoms with Crippen molar-refractivity contribution < 1.29 is 4.39 Å². The first-order chi connectivity index (χ1) is 7.69. The van der Waals surface area contributed by atoms with Gasteiger partial charge in [-0.2, -0.15) is 5.26 Å². The second-order valence-electron chi connectivity index (χ2n) is 3.35. The number of benzene rings is 2. The molecule has 0 aliphatic carbocycles. The van der Waals surface area contributed by atoms with Gasteiger partial charge in [-0.1, -0.05) is 23.7 Å². The summed E-state index contributed by atoms with van der Waals surface area (Å²) in [7, 11) is 0. The third kappa shape index (κ3) is 2.21. The van der Waals surface area contributed by atoms with Crippen molar-refractivity contribution in [1.82, 2.24) is 0 Å². The van der Waals surface area contributed by atoms with E-state index in [1.807, 2.05) is 12.1 Å². The summed E-state index contributed by atoms with van der Waals surface area (Å²) in [4.78, 5) is 0. The van der Waals surface area contributed by atoms with Gasteiger partial charge in [0.2, 0.25) is 0 Å². The minimum atomic E-state index is -0.384. The lowest BCUT2D eigenvalue weighted by Gasteiger charge is -2.03. The minimum absolute atomic E-state index is 0.345. The van der Waals surface area contributed by atoms with E-state index in [-0.39, 0.29) is 5.82 Å². The summed E-state index contributed by atoms with van der Waals surface area (Å²) in [6.45, 7) is 0. The lowest BCUT2D eigenvalue weighted by Crippen LogP contribution is -1.82. The highest BCUT2D eigenvalue weighted by Gasteiger charge is 2.02. The van der Waals surface area contributed by atoms with Crippen LogP contribution in [0.15, 0.2) is 42.5 Å². The summed E-state index contributed by atoms with van der Waals surface area (Å²) in [5.41, 5.74) is 1.99. The zero-order valence-electron chi connectivity index (χ0n) is 8.24. The van der Waals surface area contributed by atoms with Gasteiger partial charge in [0.15, 0.2) is 0 Å². The van der Waals surface area contributed by atoms with E-state index in [0.717, 1.165) is 5.56 Å². The van der Waals surface area contributed by atoms with Crippen molar-refractivity contribution >= 4 is 11.6 Å². The lowest BCUT2D eigenvalue weighted by molar-refractivity contribution is 0.628. The zero-order chi connectivity index (χ0) is 11.5. The Morgan fingerprint density at radius 3 is 2.56 bits per heavy atom. The van der Waals surface area contributed by atoms with Gasteiger partial charge in [-0.25, -0.2) is 4.39 Å². The SMILES string of the molecule is N#Cc1cccc(-c2cc(F)cc(Cl)c2)c1. The summed E-state index contributed by atoms with van der Waals surface area (Å²) in [5.74, 6) is -0.384. The summed E-state index contributed by atoms with van der Waals surface area (Å²) in [6.07, 6.45) is 0. The quantitative estimate of drug-likeness (QED) is 0.727. The van der Waals surface area contributed by atoms with Crippen LogP contribution >= 0.6 is 11.6 Å². The van der Waals surface area contributed by atoms with Crippen LogP contribution in [0.1, 0.15) is 5.56 Å². The standard InChI is InChI=1S/C13H7ClFN/c14-12-5-11(6-13(15)7-12)10-3-1-2-9(4-10)8-16/h1-7H. The van der Waals surface area contributed by atoms with Crippen molar-refractivity contribution in [2.24, 2.45) is 0 Å². The molecule has 3 heteroatoms. The van der Waals surface area contributed by atoms with Gasteiger partial charge in [-0.3, -0.25) is 0 Å². The fourth-order valence-corrected chi connectivity index (χ4v) is 1.71. The Kier molecular flexibility index (Phi) is 2.89. The number of hydrogen-bond donors (Lipinski definition) is 0. The number of nitrogens with zero attached hydrogens (tertiary/aromatic N) is 1. The van der Waals surface area contributed by atoms with E-state index >= 15 is 0 Å². The highest BCUT2D eigenvalue weighted by molar-refractivity contribution is 6.30. The summed E-state index contributed by atoms with van der Waals surface area (Å²) in [5, 5.41) is 9.11. The average Bonchev–Trinajstić information content (AvgIpc) is 2.28. The van der Waals surface area contributed by atoms with E-state index in [0.29, 0.717) is 16.1 Å². The molecule has 16 heavy (non-hydrogen) atoms. The van der Waals surface area contributed by atoms with Crippen LogP contribution < -0.4 is 0 Å². The molecule has 1 nitrogen and oxygen atoms in total. The van der Waals surface area contributed by atoms with Crippen LogP contribution in [0.3, 0.4) is 0 Å². The van der Waals surface area contributed by atoms with Gasteiger partial charge in [-0.05, 0) is 41.5 Å². The fraction of sp³-hybridized carbons (Fsp3) is 0. The molecule has 0 aliphatic heterocycles. The van der Waals surface area contributed by atoms with E-state index in [2.05, 4.69) is 0 Å². The van der Waals surface area contributed by atoms with Crippen LogP contribution in [-0.4, -0.2) is 0 Å². The van der Waals surface area contributed by atoms with Crippen LogP contribution in [0.5, 0.6) is 0 Å². The molecule has 2 aromatic rings. The molecule has 0 amide bonds. The molecule has 0 saturated carbocycles. The van der Waals surface area contributed by atoms with E-state index in [1.54, 1.807) is 24.3 Å². The molecular weight excluding hydrogens is 225 g/mol. The molecule has 0 spiro atoms. The second kappa shape index (κ2) is 4.34. The first-order valence-corrected chi connectivity index (χ1v) is 5.03. The van der Waals surface area contributed by atoms with Crippen LogP contribution in [-0.2, 0) is 0 Å². The van der Waals surface area contributed by atoms with Gasteiger partial charge in [0, 0.05) is 5.02 Å². The third-order valence-corrected chi connectivity index (χ3v) is 2.41. The molecule has 0 fully saturated rings. The summed E-state index contributed by atoms with van der Waals surface area (Å²) < 4.78 is 13.1. The van der Waals surface area contributed by atoms with Crippen LogP contribution in [0.25, 0.3) is 11.1 Å². The Hall–Kier alpha value is -1.85.